The Morgan fingerprint density at radius 2 is 2.00 bits per heavy atom. The first-order chi connectivity index (χ1) is 14.2. The molecule has 29 heavy (non-hydrogen) atoms. The fraction of sp³-hybridized carbons (Fsp3) is 0.320. The number of carbonyl (C=O) groups excluding carboxylic acids is 1. The summed E-state index contributed by atoms with van der Waals surface area (Å²) in [5.74, 6) is 0.106. The smallest absolute Gasteiger partial charge is 0.230 e. The van der Waals surface area contributed by atoms with Crippen molar-refractivity contribution in [3.05, 3.63) is 77.5 Å². The zero-order chi connectivity index (χ0) is 20.0. The van der Waals surface area contributed by atoms with Gasteiger partial charge in [0, 0.05) is 49.8 Å². The second kappa shape index (κ2) is 7.20. The summed E-state index contributed by atoms with van der Waals surface area (Å²) < 4.78 is 0. The Labute approximate surface area is 171 Å². The van der Waals surface area contributed by atoms with E-state index >= 15 is 0 Å². The van der Waals surface area contributed by atoms with Crippen molar-refractivity contribution in [1.29, 1.82) is 0 Å². The highest BCUT2D eigenvalue weighted by molar-refractivity contribution is 5.99. The highest BCUT2D eigenvalue weighted by Gasteiger charge is 2.37. The molecular formula is C25H27N3O. The minimum Gasteiger partial charge on any atom is -0.361 e. The molecule has 0 bridgehead atoms. The second-order valence-electron chi connectivity index (χ2n) is 8.26. The van der Waals surface area contributed by atoms with Crippen LogP contribution in [0.1, 0.15) is 23.6 Å². The zero-order valence-electron chi connectivity index (χ0n) is 17.1. The molecule has 1 aliphatic heterocycles. The lowest BCUT2D eigenvalue weighted by molar-refractivity contribution is -0.133. The molecule has 2 atom stereocenters. The van der Waals surface area contributed by atoms with Crippen LogP contribution in [0.4, 0.5) is 0 Å². The average Bonchev–Trinajstić information content (AvgIpc) is 3.18. The van der Waals surface area contributed by atoms with Gasteiger partial charge in [0.15, 0.2) is 0 Å². The van der Waals surface area contributed by atoms with Crippen molar-refractivity contribution < 1.29 is 4.79 Å². The lowest BCUT2D eigenvalue weighted by atomic mass is 9.79. The quantitative estimate of drug-likeness (QED) is 0.735. The van der Waals surface area contributed by atoms with E-state index in [2.05, 4.69) is 70.7 Å². The molecule has 2 aliphatic rings. The van der Waals surface area contributed by atoms with Gasteiger partial charge >= 0.3 is 0 Å². The fourth-order valence-corrected chi connectivity index (χ4v) is 4.91. The second-order valence-corrected chi connectivity index (χ2v) is 8.26. The molecular weight excluding hydrogens is 358 g/mol. The molecule has 0 radical (unpaired) electrons. The normalized spacial score (nSPS) is 21.0. The van der Waals surface area contributed by atoms with Crippen molar-refractivity contribution in [3.63, 3.8) is 0 Å². The van der Waals surface area contributed by atoms with Crippen molar-refractivity contribution in [2.75, 3.05) is 20.1 Å². The van der Waals surface area contributed by atoms with Crippen LogP contribution in [0.3, 0.4) is 0 Å². The summed E-state index contributed by atoms with van der Waals surface area (Å²) in [4.78, 5) is 20.9. The Hall–Kier alpha value is -2.85. The van der Waals surface area contributed by atoms with Gasteiger partial charge in [-0.25, -0.2) is 0 Å². The molecule has 1 amide bonds. The first-order valence-electron chi connectivity index (χ1n) is 10.5. The predicted octanol–water partition coefficient (Wildman–Crippen LogP) is 4.09. The van der Waals surface area contributed by atoms with E-state index in [0.717, 1.165) is 26.1 Å². The van der Waals surface area contributed by atoms with Crippen LogP contribution in [-0.2, 0) is 17.8 Å². The Bertz CT molecular complexity index is 1080. The highest BCUT2D eigenvalue weighted by atomic mass is 16.2. The summed E-state index contributed by atoms with van der Waals surface area (Å²) in [6.07, 6.45) is 5.40. The monoisotopic (exact) mass is 385 g/mol. The number of aromatic nitrogens is 1. The Morgan fingerprint density at radius 1 is 1.17 bits per heavy atom. The Morgan fingerprint density at radius 3 is 2.79 bits per heavy atom. The van der Waals surface area contributed by atoms with Crippen LogP contribution in [-0.4, -0.2) is 46.9 Å². The molecule has 0 unspecified atom stereocenters. The van der Waals surface area contributed by atoms with Gasteiger partial charge in [0.2, 0.25) is 5.91 Å². The number of amides is 1. The molecule has 1 aromatic heterocycles. The largest absolute Gasteiger partial charge is 0.361 e. The van der Waals surface area contributed by atoms with Crippen LogP contribution in [0.15, 0.2) is 60.8 Å². The maximum absolute atomic E-state index is 13.1. The molecule has 148 valence electrons. The van der Waals surface area contributed by atoms with Gasteiger partial charge in [0.25, 0.3) is 0 Å². The van der Waals surface area contributed by atoms with E-state index in [9.17, 15) is 4.79 Å². The van der Waals surface area contributed by atoms with E-state index in [-0.39, 0.29) is 11.8 Å². The number of fused-ring (bicyclic) bond motifs is 2. The van der Waals surface area contributed by atoms with Crippen LogP contribution in [0, 0.1) is 5.92 Å². The first-order valence-corrected chi connectivity index (χ1v) is 10.5. The summed E-state index contributed by atoms with van der Waals surface area (Å²) >= 11 is 0. The summed E-state index contributed by atoms with van der Waals surface area (Å²) in [7, 11) is 1.90. The maximum atomic E-state index is 13.1. The molecule has 0 spiro atoms. The fourth-order valence-electron chi connectivity index (χ4n) is 4.91. The molecule has 1 aliphatic carbocycles. The molecule has 3 aromatic rings. The zero-order valence-corrected chi connectivity index (χ0v) is 17.1. The van der Waals surface area contributed by atoms with Crippen LogP contribution in [0.2, 0.25) is 0 Å². The van der Waals surface area contributed by atoms with E-state index in [1.165, 1.54) is 33.2 Å². The summed E-state index contributed by atoms with van der Waals surface area (Å²) in [6.45, 7) is 4.39. The third-order valence-corrected chi connectivity index (χ3v) is 6.52. The molecule has 2 heterocycles. The highest BCUT2D eigenvalue weighted by Crippen LogP contribution is 2.41. The van der Waals surface area contributed by atoms with Crippen molar-refractivity contribution >= 4 is 22.4 Å². The molecule has 2 aromatic carbocycles. The van der Waals surface area contributed by atoms with Gasteiger partial charge in [-0.15, -0.1) is 0 Å². The molecule has 5 rings (SSSR count). The van der Waals surface area contributed by atoms with Crippen LogP contribution >= 0.6 is 0 Å². The molecule has 1 N–H and O–H groups in total. The van der Waals surface area contributed by atoms with E-state index in [1.807, 2.05) is 18.9 Å². The number of nitrogens with one attached hydrogen (secondary N) is 1. The van der Waals surface area contributed by atoms with E-state index in [0.29, 0.717) is 6.04 Å². The number of H-pyrrole nitrogens is 1. The molecule has 0 saturated carbocycles. The topological polar surface area (TPSA) is 39.3 Å². The van der Waals surface area contributed by atoms with Crippen LogP contribution in [0.25, 0.3) is 16.5 Å². The first kappa shape index (κ1) is 18.2. The number of hydrogen-bond donors (Lipinski definition) is 1. The Balaban J connectivity index is 1.59. The SMILES string of the molecule is CCN(C)C(=O)[C@H]1C=C2c3cccc4[nH]cc(c34)C[C@H]2N(Cc2ccccc2)C1. The maximum Gasteiger partial charge on any atom is 0.230 e. The van der Waals surface area contributed by atoms with Gasteiger partial charge in [0.1, 0.15) is 0 Å². The number of nitrogens with zero attached hydrogens (tertiary/aromatic N) is 2. The van der Waals surface area contributed by atoms with Gasteiger partial charge in [-0.05, 0) is 41.7 Å². The minimum absolute atomic E-state index is 0.106. The van der Waals surface area contributed by atoms with Crippen LogP contribution in [0.5, 0.6) is 0 Å². The third-order valence-electron chi connectivity index (χ3n) is 6.52. The average molecular weight is 386 g/mol. The van der Waals surface area contributed by atoms with Gasteiger partial charge in [-0.1, -0.05) is 48.5 Å². The summed E-state index contributed by atoms with van der Waals surface area (Å²) in [5, 5.41) is 1.33. The summed E-state index contributed by atoms with van der Waals surface area (Å²) in [6, 6.07) is 17.4. The number of aromatic amines is 1. The van der Waals surface area contributed by atoms with Crippen molar-refractivity contribution in [1.82, 2.24) is 14.8 Å². The lowest BCUT2D eigenvalue weighted by Gasteiger charge is -2.42. The predicted molar refractivity (Wildman–Crippen MR) is 117 cm³/mol. The lowest BCUT2D eigenvalue weighted by Crippen LogP contribution is -2.48. The number of rotatable bonds is 4. The molecule has 4 heteroatoms. The Kier molecular flexibility index (Phi) is 4.51. The number of hydrogen-bond acceptors (Lipinski definition) is 2. The number of carbonyl (C=O) groups is 1. The third kappa shape index (κ3) is 3.08. The van der Waals surface area contributed by atoms with Gasteiger partial charge in [-0.2, -0.15) is 0 Å². The van der Waals surface area contributed by atoms with Crippen molar-refractivity contribution in [2.45, 2.75) is 25.9 Å². The molecule has 0 saturated heterocycles. The van der Waals surface area contributed by atoms with E-state index < -0.39 is 0 Å². The van der Waals surface area contributed by atoms with E-state index in [4.69, 9.17) is 0 Å². The van der Waals surface area contributed by atoms with Crippen molar-refractivity contribution in [3.8, 4) is 0 Å². The van der Waals surface area contributed by atoms with Gasteiger partial charge in [-0.3, -0.25) is 9.69 Å². The standard InChI is InChI=1S/C25H27N3O/c1-3-27(2)25(29)19-12-21-20-10-7-11-22-24(20)18(14-26-22)13-23(21)28(16-19)15-17-8-5-4-6-9-17/h4-12,14,19,23,26H,3,13,15-16H2,1-2H3/t19-,23+/m0/s1. The van der Waals surface area contributed by atoms with Crippen molar-refractivity contribution in [2.24, 2.45) is 5.92 Å². The van der Waals surface area contributed by atoms with Gasteiger partial charge in [0.05, 0.1) is 5.92 Å². The van der Waals surface area contributed by atoms with Gasteiger partial charge < -0.3 is 9.88 Å². The minimum atomic E-state index is -0.106. The summed E-state index contributed by atoms with van der Waals surface area (Å²) in [5.41, 5.74) is 6.45. The molecule has 4 nitrogen and oxygen atoms in total. The molecule has 0 fully saturated rings. The van der Waals surface area contributed by atoms with Crippen LogP contribution < -0.4 is 0 Å². The number of benzene rings is 2. The van der Waals surface area contributed by atoms with E-state index in [1.54, 1.807) is 0 Å².